The van der Waals surface area contributed by atoms with Crippen LogP contribution in [-0.2, 0) is 16.4 Å². The second-order valence-electron chi connectivity index (χ2n) is 3.71. The lowest BCUT2D eigenvalue weighted by molar-refractivity contribution is 0.609. The number of nitrogens with one attached hydrogen (secondary N) is 2. The number of aromatic amines is 1. The number of aryl methyl sites for hydroxylation is 1. The van der Waals surface area contributed by atoms with Crippen molar-refractivity contribution in [3.63, 3.8) is 0 Å². The summed E-state index contributed by atoms with van der Waals surface area (Å²) in [6.07, 6.45) is 2.80. The maximum atomic E-state index is 11.4. The van der Waals surface area contributed by atoms with Gasteiger partial charge in [0.05, 0.1) is 11.2 Å². The average molecular weight is 250 g/mol. The Bertz CT molecular complexity index is 656. The third-order valence-corrected chi connectivity index (χ3v) is 3.60. The molecule has 2 rings (SSSR count). The van der Waals surface area contributed by atoms with Crippen molar-refractivity contribution in [2.45, 2.75) is 13.3 Å². The molecule has 17 heavy (non-hydrogen) atoms. The van der Waals surface area contributed by atoms with Gasteiger partial charge >= 0.3 is 0 Å². The number of H-pyrrole nitrogens is 1. The molecular weight excluding hydrogens is 236 g/mol. The quantitative estimate of drug-likeness (QED) is 0.876. The number of benzene rings is 1. The van der Waals surface area contributed by atoms with Gasteiger partial charge in [0, 0.05) is 17.0 Å². The van der Waals surface area contributed by atoms with Crippen LogP contribution in [0.1, 0.15) is 12.5 Å². The molecule has 2 N–H and O–H groups in total. The minimum absolute atomic E-state index is 0.544. The highest BCUT2D eigenvalue weighted by Gasteiger charge is 2.10. The summed E-state index contributed by atoms with van der Waals surface area (Å²) in [5, 5.41) is 1.94. The fourth-order valence-electron chi connectivity index (χ4n) is 1.78. The molecule has 0 aliphatic rings. The highest BCUT2D eigenvalue weighted by atomic mass is 32.2. The summed E-state index contributed by atoms with van der Waals surface area (Å²) in [6, 6.07) is 5.52. The third kappa shape index (κ3) is 2.19. The molecular formula is C12H14N2O2S. The molecule has 1 aromatic heterocycles. The Hall–Kier alpha value is -1.75. The van der Waals surface area contributed by atoms with Gasteiger partial charge < -0.3 is 4.98 Å². The summed E-state index contributed by atoms with van der Waals surface area (Å²) in [4.78, 5) is 3.09. The first kappa shape index (κ1) is 11.7. The molecule has 4 nitrogen and oxygen atoms in total. The van der Waals surface area contributed by atoms with E-state index in [4.69, 9.17) is 0 Å². The maximum Gasteiger partial charge on any atom is 0.254 e. The van der Waals surface area contributed by atoms with E-state index in [9.17, 15) is 8.42 Å². The first-order chi connectivity index (χ1) is 8.07. The summed E-state index contributed by atoms with van der Waals surface area (Å²) >= 11 is 0. The van der Waals surface area contributed by atoms with Crippen molar-refractivity contribution in [1.82, 2.24) is 4.98 Å². The van der Waals surface area contributed by atoms with Crippen molar-refractivity contribution < 1.29 is 8.42 Å². The van der Waals surface area contributed by atoms with E-state index in [1.807, 2.05) is 18.3 Å². The Balaban J connectivity index is 2.56. The SMILES string of the molecule is C=CS(=O)(=O)Nc1cccc2c(CC)c[nH]c12. The van der Waals surface area contributed by atoms with Crippen LogP contribution in [-0.4, -0.2) is 13.4 Å². The van der Waals surface area contributed by atoms with Crippen LogP contribution < -0.4 is 4.72 Å². The van der Waals surface area contributed by atoms with Crippen LogP contribution in [0.2, 0.25) is 0 Å². The van der Waals surface area contributed by atoms with Crippen LogP contribution in [0.4, 0.5) is 5.69 Å². The Kier molecular flexibility index (Phi) is 2.93. The zero-order valence-electron chi connectivity index (χ0n) is 9.53. The van der Waals surface area contributed by atoms with E-state index >= 15 is 0 Å². The van der Waals surface area contributed by atoms with E-state index in [2.05, 4.69) is 23.2 Å². The fraction of sp³-hybridized carbons (Fsp3) is 0.167. The monoisotopic (exact) mass is 250 g/mol. The van der Waals surface area contributed by atoms with Gasteiger partial charge in [-0.3, -0.25) is 4.72 Å². The molecule has 1 heterocycles. The van der Waals surface area contributed by atoms with Gasteiger partial charge in [0.2, 0.25) is 0 Å². The second-order valence-corrected chi connectivity index (χ2v) is 5.34. The van der Waals surface area contributed by atoms with Gasteiger partial charge in [0.1, 0.15) is 0 Å². The molecule has 5 heteroatoms. The smallest absolute Gasteiger partial charge is 0.254 e. The summed E-state index contributed by atoms with van der Waals surface area (Å²) < 4.78 is 25.4. The molecule has 0 aliphatic carbocycles. The Labute approximate surface area is 100 Å². The minimum atomic E-state index is -3.47. The lowest BCUT2D eigenvalue weighted by atomic mass is 10.1. The minimum Gasteiger partial charge on any atom is -0.359 e. The first-order valence-electron chi connectivity index (χ1n) is 5.31. The molecule has 0 atom stereocenters. The zero-order valence-corrected chi connectivity index (χ0v) is 10.3. The molecule has 0 radical (unpaired) electrons. The predicted octanol–water partition coefficient (Wildman–Crippen LogP) is 2.62. The number of para-hydroxylation sites is 1. The van der Waals surface area contributed by atoms with Crippen molar-refractivity contribution in [2.24, 2.45) is 0 Å². The first-order valence-corrected chi connectivity index (χ1v) is 6.86. The summed E-state index contributed by atoms with van der Waals surface area (Å²) in [7, 11) is -3.47. The van der Waals surface area contributed by atoms with Crippen molar-refractivity contribution in [3.05, 3.63) is 41.9 Å². The van der Waals surface area contributed by atoms with Gasteiger partial charge in [-0.15, -0.1) is 0 Å². The fourth-order valence-corrected chi connectivity index (χ4v) is 2.34. The molecule has 0 aliphatic heterocycles. The molecule has 0 spiro atoms. The van der Waals surface area contributed by atoms with Gasteiger partial charge in [-0.1, -0.05) is 25.6 Å². The van der Waals surface area contributed by atoms with Gasteiger partial charge in [0.25, 0.3) is 10.0 Å². The number of anilines is 1. The average Bonchev–Trinajstić information content (AvgIpc) is 2.73. The van der Waals surface area contributed by atoms with Crippen LogP contribution in [0, 0.1) is 0 Å². The van der Waals surface area contributed by atoms with E-state index in [0.717, 1.165) is 22.7 Å². The van der Waals surface area contributed by atoms with Crippen LogP contribution in [0.3, 0.4) is 0 Å². The molecule has 0 bridgehead atoms. The Morgan fingerprint density at radius 3 is 2.88 bits per heavy atom. The van der Waals surface area contributed by atoms with E-state index < -0.39 is 10.0 Å². The molecule has 0 saturated heterocycles. The standard InChI is InChI=1S/C12H14N2O2S/c1-3-9-8-13-12-10(9)6-5-7-11(12)14-17(15,16)4-2/h4-8,13-14H,2-3H2,1H3. The van der Waals surface area contributed by atoms with Crippen molar-refractivity contribution in [3.8, 4) is 0 Å². The van der Waals surface area contributed by atoms with E-state index in [1.165, 1.54) is 5.56 Å². The Morgan fingerprint density at radius 2 is 2.24 bits per heavy atom. The molecule has 0 amide bonds. The van der Waals surface area contributed by atoms with Gasteiger partial charge in [-0.2, -0.15) is 0 Å². The predicted molar refractivity (Wildman–Crippen MR) is 70.4 cm³/mol. The molecule has 2 aromatic rings. The highest BCUT2D eigenvalue weighted by molar-refractivity contribution is 7.95. The van der Waals surface area contributed by atoms with Crippen LogP contribution in [0.15, 0.2) is 36.4 Å². The number of sulfonamides is 1. The second kappa shape index (κ2) is 4.25. The van der Waals surface area contributed by atoms with Crippen LogP contribution >= 0.6 is 0 Å². The third-order valence-electron chi connectivity index (χ3n) is 2.65. The zero-order chi connectivity index (χ0) is 12.5. The van der Waals surface area contributed by atoms with Gasteiger partial charge in [-0.05, 0) is 18.1 Å². The van der Waals surface area contributed by atoms with Crippen molar-refractivity contribution in [2.75, 3.05) is 4.72 Å². The van der Waals surface area contributed by atoms with Crippen molar-refractivity contribution in [1.29, 1.82) is 0 Å². The van der Waals surface area contributed by atoms with E-state index in [-0.39, 0.29) is 0 Å². The summed E-state index contributed by atoms with van der Waals surface area (Å²) in [5.41, 5.74) is 2.51. The summed E-state index contributed by atoms with van der Waals surface area (Å²) in [5.74, 6) is 0. The molecule has 0 fully saturated rings. The summed E-state index contributed by atoms with van der Waals surface area (Å²) in [6.45, 7) is 5.33. The number of hydrogen-bond acceptors (Lipinski definition) is 2. The Morgan fingerprint density at radius 1 is 1.47 bits per heavy atom. The van der Waals surface area contributed by atoms with E-state index in [1.54, 1.807) is 6.07 Å². The van der Waals surface area contributed by atoms with E-state index in [0.29, 0.717) is 5.69 Å². The highest BCUT2D eigenvalue weighted by Crippen LogP contribution is 2.26. The van der Waals surface area contributed by atoms with Gasteiger partial charge in [0.15, 0.2) is 0 Å². The molecule has 0 unspecified atom stereocenters. The van der Waals surface area contributed by atoms with Crippen LogP contribution in [0.25, 0.3) is 10.9 Å². The maximum absolute atomic E-state index is 11.4. The number of rotatable bonds is 4. The van der Waals surface area contributed by atoms with Crippen LogP contribution in [0.5, 0.6) is 0 Å². The number of fused-ring (bicyclic) bond motifs is 1. The van der Waals surface area contributed by atoms with Gasteiger partial charge in [-0.25, -0.2) is 8.42 Å². The largest absolute Gasteiger partial charge is 0.359 e. The lowest BCUT2D eigenvalue weighted by Crippen LogP contribution is -2.08. The molecule has 0 saturated carbocycles. The van der Waals surface area contributed by atoms with Crippen molar-refractivity contribution >= 4 is 26.6 Å². The normalized spacial score (nSPS) is 11.6. The lowest BCUT2D eigenvalue weighted by Gasteiger charge is -2.05. The number of hydrogen-bond donors (Lipinski definition) is 2. The molecule has 1 aromatic carbocycles. The molecule has 90 valence electrons. The number of aromatic nitrogens is 1. The topological polar surface area (TPSA) is 62.0 Å².